The van der Waals surface area contributed by atoms with Gasteiger partial charge in [0, 0.05) is 11.1 Å². The molecular weight excluding hydrogens is 227 g/mol. The van der Waals surface area contributed by atoms with Crippen LogP contribution in [0.3, 0.4) is 0 Å². The van der Waals surface area contributed by atoms with Gasteiger partial charge in [-0.2, -0.15) is 13.2 Å². The van der Waals surface area contributed by atoms with E-state index in [9.17, 15) is 18.3 Å². The van der Waals surface area contributed by atoms with Gasteiger partial charge in [-0.05, 0) is 12.1 Å². The fourth-order valence-electron chi connectivity index (χ4n) is 1.26. The van der Waals surface area contributed by atoms with Crippen molar-refractivity contribution in [1.29, 1.82) is 0 Å². The third-order valence-corrected chi connectivity index (χ3v) is 2.88. The van der Waals surface area contributed by atoms with E-state index in [0.29, 0.717) is 10.2 Å². The molecule has 0 saturated heterocycles. The fraction of sp³-hybridized carbons (Fsp3) is 0.222. The van der Waals surface area contributed by atoms with E-state index in [1.165, 1.54) is 18.3 Å². The summed E-state index contributed by atoms with van der Waals surface area (Å²) in [6.45, 7) is 0. The van der Waals surface area contributed by atoms with Gasteiger partial charge in [0.1, 0.15) is 10.6 Å². The van der Waals surface area contributed by atoms with Crippen LogP contribution in [-0.2, 0) is 6.42 Å². The van der Waals surface area contributed by atoms with E-state index in [-0.39, 0.29) is 10.6 Å². The molecule has 15 heavy (non-hydrogen) atoms. The van der Waals surface area contributed by atoms with Crippen LogP contribution in [0, 0.1) is 0 Å². The summed E-state index contributed by atoms with van der Waals surface area (Å²) in [4.78, 5) is 4.47. The van der Waals surface area contributed by atoms with Crippen LogP contribution >= 0.6 is 11.3 Å². The zero-order valence-electron chi connectivity index (χ0n) is 7.38. The molecular formula is C9H6F3NOS. The van der Waals surface area contributed by atoms with Gasteiger partial charge in [0.05, 0.1) is 11.8 Å². The average molecular weight is 233 g/mol. The molecule has 0 atom stereocenters. The minimum Gasteiger partial charge on any atom is -0.507 e. The minimum absolute atomic E-state index is 0.0373. The average Bonchev–Trinajstić information content (AvgIpc) is 2.45. The molecule has 2 aromatic rings. The van der Waals surface area contributed by atoms with Gasteiger partial charge < -0.3 is 5.11 Å². The Morgan fingerprint density at radius 2 is 2.13 bits per heavy atom. The van der Waals surface area contributed by atoms with Gasteiger partial charge in [-0.15, -0.1) is 11.3 Å². The Labute approximate surface area is 87.0 Å². The van der Waals surface area contributed by atoms with Crippen molar-refractivity contribution in [3.8, 4) is 5.75 Å². The minimum atomic E-state index is -4.23. The summed E-state index contributed by atoms with van der Waals surface area (Å²) >= 11 is 0.947. The van der Waals surface area contributed by atoms with Crippen LogP contribution in [0.2, 0.25) is 0 Å². The molecule has 1 N–H and O–H groups in total. The van der Waals surface area contributed by atoms with E-state index >= 15 is 0 Å². The molecule has 6 heteroatoms. The number of fused-ring (bicyclic) bond motifs is 1. The maximum atomic E-state index is 12.1. The Balaban J connectivity index is 2.44. The number of hydrogen-bond donors (Lipinski definition) is 1. The van der Waals surface area contributed by atoms with E-state index in [2.05, 4.69) is 4.98 Å². The highest BCUT2D eigenvalue weighted by molar-refractivity contribution is 7.18. The second-order valence-electron chi connectivity index (χ2n) is 3.05. The Morgan fingerprint density at radius 1 is 1.40 bits per heavy atom. The molecule has 0 spiro atoms. The van der Waals surface area contributed by atoms with E-state index in [1.54, 1.807) is 0 Å². The summed E-state index contributed by atoms with van der Waals surface area (Å²) in [7, 11) is 0. The molecule has 2 aromatic heterocycles. The Bertz CT molecular complexity index is 492. The fourth-order valence-corrected chi connectivity index (χ4v) is 2.31. The normalized spacial score (nSPS) is 12.2. The highest BCUT2D eigenvalue weighted by Crippen LogP contribution is 2.33. The van der Waals surface area contributed by atoms with Crippen molar-refractivity contribution < 1.29 is 18.3 Å². The number of thiophene rings is 1. The number of rotatable bonds is 1. The number of nitrogens with zero attached hydrogens (tertiary/aromatic N) is 1. The van der Waals surface area contributed by atoms with E-state index in [1.807, 2.05) is 0 Å². The molecule has 80 valence electrons. The summed E-state index contributed by atoms with van der Waals surface area (Å²) in [5.41, 5.74) is 0. The first-order valence-electron chi connectivity index (χ1n) is 4.09. The quantitative estimate of drug-likeness (QED) is 0.820. The maximum absolute atomic E-state index is 12.1. The third kappa shape index (κ3) is 2.20. The molecule has 2 heterocycles. The Kier molecular flexibility index (Phi) is 2.30. The predicted octanol–water partition coefficient (Wildman–Crippen LogP) is 3.11. The van der Waals surface area contributed by atoms with Gasteiger partial charge in [-0.3, -0.25) is 0 Å². The zero-order chi connectivity index (χ0) is 11.1. The lowest BCUT2D eigenvalue weighted by Crippen LogP contribution is -2.09. The Hall–Kier alpha value is -1.30. The predicted molar refractivity (Wildman–Crippen MR) is 51.0 cm³/mol. The molecule has 0 aliphatic carbocycles. The molecule has 2 nitrogen and oxygen atoms in total. The number of hydrogen-bond acceptors (Lipinski definition) is 3. The summed E-state index contributed by atoms with van der Waals surface area (Å²) in [5.74, 6) is -0.0373. The SMILES string of the molecule is Oc1ccnc2sc(CC(F)(F)F)cc12. The molecule has 0 fully saturated rings. The van der Waals surface area contributed by atoms with Gasteiger partial charge in [-0.25, -0.2) is 4.98 Å². The van der Waals surface area contributed by atoms with Crippen molar-refractivity contribution in [3.63, 3.8) is 0 Å². The van der Waals surface area contributed by atoms with Gasteiger partial charge in [0.25, 0.3) is 0 Å². The van der Waals surface area contributed by atoms with Gasteiger partial charge >= 0.3 is 6.18 Å². The highest BCUT2D eigenvalue weighted by Gasteiger charge is 2.28. The summed E-state index contributed by atoms with van der Waals surface area (Å²) in [6.07, 6.45) is -3.84. The van der Waals surface area contributed by atoms with Crippen molar-refractivity contribution in [3.05, 3.63) is 23.2 Å². The molecule has 2 rings (SSSR count). The van der Waals surface area contributed by atoms with Gasteiger partial charge in [0.15, 0.2) is 0 Å². The molecule has 0 aromatic carbocycles. The lowest BCUT2D eigenvalue weighted by atomic mass is 10.2. The van der Waals surface area contributed by atoms with Crippen LogP contribution in [0.4, 0.5) is 13.2 Å². The molecule has 0 bridgehead atoms. The first-order chi connectivity index (χ1) is 6.96. The molecule has 0 saturated carbocycles. The first kappa shape index (κ1) is 10.2. The zero-order valence-corrected chi connectivity index (χ0v) is 8.19. The third-order valence-electron chi connectivity index (χ3n) is 1.84. The van der Waals surface area contributed by atoms with Crippen LogP contribution in [0.15, 0.2) is 18.3 Å². The molecule has 0 amide bonds. The number of pyridine rings is 1. The molecule has 0 unspecified atom stereocenters. The Morgan fingerprint density at radius 3 is 2.73 bits per heavy atom. The number of aromatic hydroxyl groups is 1. The highest BCUT2D eigenvalue weighted by atomic mass is 32.1. The van der Waals surface area contributed by atoms with Crippen molar-refractivity contribution in [2.24, 2.45) is 0 Å². The molecule has 0 aliphatic rings. The van der Waals surface area contributed by atoms with Crippen LogP contribution in [0.5, 0.6) is 5.75 Å². The molecule has 0 radical (unpaired) electrons. The summed E-state index contributed by atoms with van der Waals surface area (Å²) in [5, 5.41) is 9.74. The topological polar surface area (TPSA) is 33.1 Å². The second-order valence-corrected chi connectivity index (χ2v) is 4.17. The van der Waals surface area contributed by atoms with Crippen LogP contribution in [-0.4, -0.2) is 16.3 Å². The molecule has 0 aliphatic heterocycles. The van der Waals surface area contributed by atoms with Crippen LogP contribution in [0.25, 0.3) is 10.2 Å². The van der Waals surface area contributed by atoms with E-state index in [4.69, 9.17) is 0 Å². The monoisotopic (exact) mass is 233 g/mol. The largest absolute Gasteiger partial charge is 0.507 e. The first-order valence-corrected chi connectivity index (χ1v) is 4.90. The van der Waals surface area contributed by atoms with E-state index in [0.717, 1.165) is 11.3 Å². The summed E-state index contributed by atoms with van der Waals surface area (Å²) in [6, 6.07) is 2.68. The van der Waals surface area contributed by atoms with Crippen molar-refractivity contribution >= 4 is 21.6 Å². The number of alkyl halides is 3. The van der Waals surface area contributed by atoms with Crippen molar-refractivity contribution in [1.82, 2.24) is 4.98 Å². The second kappa shape index (κ2) is 3.37. The van der Waals surface area contributed by atoms with E-state index < -0.39 is 12.6 Å². The van der Waals surface area contributed by atoms with Gasteiger partial charge in [0.2, 0.25) is 0 Å². The number of halogens is 3. The van der Waals surface area contributed by atoms with Crippen LogP contribution in [0.1, 0.15) is 4.88 Å². The maximum Gasteiger partial charge on any atom is 0.393 e. The number of aromatic nitrogens is 1. The van der Waals surface area contributed by atoms with Crippen molar-refractivity contribution in [2.45, 2.75) is 12.6 Å². The lowest BCUT2D eigenvalue weighted by Gasteiger charge is -2.01. The van der Waals surface area contributed by atoms with Gasteiger partial charge in [-0.1, -0.05) is 0 Å². The standard InChI is InChI=1S/C9H6F3NOS/c10-9(11,12)4-5-3-6-7(14)1-2-13-8(6)15-5/h1-3H,4H2,(H,13,14). The van der Waals surface area contributed by atoms with Crippen molar-refractivity contribution in [2.75, 3.05) is 0 Å². The smallest absolute Gasteiger partial charge is 0.393 e. The van der Waals surface area contributed by atoms with Crippen LogP contribution < -0.4 is 0 Å². The summed E-state index contributed by atoms with van der Waals surface area (Å²) < 4.78 is 36.3. The lowest BCUT2D eigenvalue weighted by molar-refractivity contribution is -0.126.